The highest BCUT2D eigenvalue weighted by Gasteiger charge is 2.22. The molecule has 4 rings (SSSR count). The Bertz CT molecular complexity index is 894. The number of nitrogens with zero attached hydrogens (tertiary/aromatic N) is 5. The van der Waals surface area contributed by atoms with E-state index in [0.29, 0.717) is 23.9 Å². The third kappa shape index (κ3) is 3.56. The number of ether oxygens (including phenoxy) is 1. The van der Waals surface area contributed by atoms with Gasteiger partial charge in [0, 0.05) is 30.6 Å². The molecule has 1 aromatic carbocycles. The summed E-state index contributed by atoms with van der Waals surface area (Å²) in [6.45, 7) is 4.31. The second-order valence-corrected chi connectivity index (χ2v) is 6.61. The number of fused-ring (bicyclic) bond motifs is 1. The number of aryl methyl sites for hydroxylation is 1. The molecule has 0 aliphatic carbocycles. The van der Waals surface area contributed by atoms with Crippen molar-refractivity contribution in [2.75, 3.05) is 24.6 Å². The van der Waals surface area contributed by atoms with Crippen molar-refractivity contribution in [1.82, 2.24) is 20.2 Å². The smallest absolute Gasteiger partial charge is 0.233 e. The largest absolute Gasteiger partial charge is 0.476 e. The summed E-state index contributed by atoms with van der Waals surface area (Å²) in [5, 5.41) is 8.93. The molecule has 0 radical (unpaired) electrons. The van der Waals surface area contributed by atoms with Crippen LogP contribution in [0, 0.1) is 18.7 Å². The topological polar surface area (TPSA) is 64.0 Å². The van der Waals surface area contributed by atoms with Crippen molar-refractivity contribution in [3.05, 3.63) is 48.2 Å². The third-order valence-corrected chi connectivity index (χ3v) is 4.73. The van der Waals surface area contributed by atoms with Crippen molar-refractivity contribution >= 4 is 16.7 Å². The van der Waals surface area contributed by atoms with E-state index >= 15 is 0 Å². The summed E-state index contributed by atoms with van der Waals surface area (Å²) in [5.74, 6) is 1.64. The van der Waals surface area contributed by atoms with Gasteiger partial charge in [-0.3, -0.25) is 0 Å². The van der Waals surface area contributed by atoms with E-state index in [-0.39, 0.29) is 5.82 Å². The molecule has 1 aliphatic heterocycles. The van der Waals surface area contributed by atoms with E-state index in [1.165, 1.54) is 18.5 Å². The first-order chi connectivity index (χ1) is 12.7. The van der Waals surface area contributed by atoms with Crippen LogP contribution in [0.3, 0.4) is 0 Å². The normalized spacial score (nSPS) is 15.4. The summed E-state index contributed by atoms with van der Waals surface area (Å²) in [6, 6.07) is 8.41. The Morgan fingerprint density at radius 2 is 1.96 bits per heavy atom. The van der Waals surface area contributed by atoms with Gasteiger partial charge in [-0.1, -0.05) is 0 Å². The molecule has 1 aliphatic rings. The van der Waals surface area contributed by atoms with Gasteiger partial charge in [-0.15, -0.1) is 5.10 Å². The molecule has 3 heterocycles. The number of benzene rings is 1. The van der Waals surface area contributed by atoms with Crippen molar-refractivity contribution in [1.29, 1.82) is 0 Å². The fourth-order valence-electron chi connectivity index (χ4n) is 3.25. The number of aromatic nitrogens is 4. The maximum Gasteiger partial charge on any atom is 0.233 e. The Morgan fingerprint density at radius 3 is 2.73 bits per heavy atom. The van der Waals surface area contributed by atoms with Crippen LogP contribution in [-0.4, -0.2) is 39.9 Å². The van der Waals surface area contributed by atoms with E-state index in [1.54, 1.807) is 6.07 Å². The molecule has 6 nitrogen and oxygen atoms in total. The number of anilines is 1. The highest BCUT2D eigenvalue weighted by Crippen LogP contribution is 2.28. The quantitative estimate of drug-likeness (QED) is 0.718. The Hall–Kier alpha value is -2.83. The molecule has 0 amide bonds. The molecule has 0 N–H and O–H groups in total. The maximum absolute atomic E-state index is 13.4. The highest BCUT2D eigenvalue weighted by molar-refractivity contribution is 5.89. The summed E-state index contributed by atoms with van der Waals surface area (Å²) in [5.41, 5.74) is 1.51. The molecule has 0 unspecified atom stereocenters. The van der Waals surface area contributed by atoms with Crippen LogP contribution in [0.5, 0.6) is 5.88 Å². The first-order valence-corrected chi connectivity index (χ1v) is 8.77. The molecule has 26 heavy (non-hydrogen) atoms. The van der Waals surface area contributed by atoms with Crippen molar-refractivity contribution in [2.45, 2.75) is 19.8 Å². The number of rotatable bonds is 4. The first-order valence-electron chi connectivity index (χ1n) is 8.77. The minimum atomic E-state index is -0.280. The van der Waals surface area contributed by atoms with Gasteiger partial charge in [0.1, 0.15) is 18.0 Å². The Morgan fingerprint density at radius 1 is 1.12 bits per heavy atom. The van der Waals surface area contributed by atoms with E-state index < -0.39 is 0 Å². The lowest BCUT2D eigenvalue weighted by molar-refractivity contribution is 0.214. The average Bonchev–Trinajstić information content (AvgIpc) is 2.67. The summed E-state index contributed by atoms with van der Waals surface area (Å²) < 4.78 is 19.2. The Kier molecular flexibility index (Phi) is 4.60. The molecule has 1 fully saturated rings. The van der Waals surface area contributed by atoms with E-state index in [1.807, 2.05) is 19.1 Å². The number of piperidine rings is 1. The maximum atomic E-state index is 13.4. The van der Waals surface area contributed by atoms with Crippen LogP contribution in [-0.2, 0) is 0 Å². The van der Waals surface area contributed by atoms with E-state index in [4.69, 9.17) is 4.74 Å². The van der Waals surface area contributed by atoms with Gasteiger partial charge in [-0.25, -0.2) is 14.4 Å². The molecule has 0 saturated carbocycles. The predicted octanol–water partition coefficient (Wildman–Crippen LogP) is 3.16. The van der Waals surface area contributed by atoms with Crippen LogP contribution >= 0.6 is 0 Å². The zero-order valence-corrected chi connectivity index (χ0v) is 14.6. The van der Waals surface area contributed by atoms with Crippen molar-refractivity contribution in [3.8, 4) is 5.88 Å². The van der Waals surface area contributed by atoms with Crippen LogP contribution in [0.2, 0.25) is 0 Å². The minimum Gasteiger partial charge on any atom is -0.476 e. The third-order valence-electron chi connectivity index (χ3n) is 4.73. The molecular formula is C19H20FN5O. The van der Waals surface area contributed by atoms with E-state index in [9.17, 15) is 4.39 Å². The molecule has 3 aromatic rings. The lowest BCUT2D eigenvalue weighted by Gasteiger charge is -2.33. The van der Waals surface area contributed by atoms with Crippen molar-refractivity contribution < 1.29 is 9.13 Å². The zero-order valence-electron chi connectivity index (χ0n) is 14.6. The SMILES string of the molecule is Cc1ccc(OCC2CCN(c3ncnc4cc(F)ccc34)CC2)nn1. The lowest BCUT2D eigenvalue weighted by Crippen LogP contribution is -2.36. The second-order valence-electron chi connectivity index (χ2n) is 6.61. The van der Waals surface area contributed by atoms with Gasteiger partial charge in [0.05, 0.1) is 17.8 Å². The van der Waals surface area contributed by atoms with Crippen LogP contribution in [0.15, 0.2) is 36.7 Å². The molecule has 0 bridgehead atoms. The summed E-state index contributed by atoms with van der Waals surface area (Å²) >= 11 is 0. The second kappa shape index (κ2) is 7.19. The first kappa shape index (κ1) is 16.6. The number of halogens is 1. The zero-order chi connectivity index (χ0) is 17.9. The van der Waals surface area contributed by atoms with Gasteiger partial charge in [0.25, 0.3) is 0 Å². The van der Waals surface area contributed by atoms with Gasteiger partial charge >= 0.3 is 0 Å². The summed E-state index contributed by atoms with van der Waals surface area (Å²) in [6.07, 6.45) is 3.51. The summed E-state index contributed by atoms with van der Waals surface area (Å²) in [4.78, 5) is 10.8. The molecule has 2 aromatic heterocycles. The molecule has 7 heteroatoms. The fraction of sp³-hybridized carbons (Fsp3) is 0.368. The van der Waals surface area contributed by atoms with Crippen molar-refractivity contribution in [2.24, 2.45) is 5.92 Å². The number of hydrogen-bond donors (Lipinski definition) is 0. The van der Waals surface area contributed by atoms with Crippen LogP contribution in [0.25, 0.3) is 10.9 Å². The number of hydrogen-bond acceptors (Lipinski definition) is 6. The molecule has 134 valence electrons. The Labute approximate surface area is 151 Å². The average molecular weight is 353 g/mol. The van der Waals surface area contributed by atoms with Crippen molar-refractivity contribution in [3.63, 3.8) is 0 Å². The van der Waals surface area contributed by atoms with Crippen LogP contribution in [0.4, 0.5) is 10.2 Å². The van der Waals surface area contributed by atoms with Gasteiger partial charge in [0.15, 0.2) is 0 Å². The van der Waals surface area contributed by atoms with Gasteiger partial charge in [0.2, 0.25) is 5.88 Å². The highest BCUT2D eigenvalue weighted by atomic mass is 19.1. The van der Waals surface area contributed by atoms with E-state index in [2.05, 4.69) is 25.1 Å². The Balaban J connectivity index is 1.38. The molecular weight excluding hydrogens is 333 g/mol. The standard InChI is InChI=1S/C19H20FN5O/c1-13-2-5-18(24-23-13)26-11-14-6-8-25(9-7-14)19-16-4-3-15(20)10-17(16)21-12-22-19/h2-5,10,12,14H,6-9,11H2,1H3. The van der Waals surface area contributed by atoms with Gasteiger partial charge in [-0.2, -0.15) is 5.10 Å². The van der Waals surface area contributed by atoms with Gasteiger partial charge < -0.3 is 9.64 Å². The monoisotopic (exact) mass is 353 g/mol. The fourth-order valence-corrected chi connectivity index (χ4v) is 3.25. The predicted molar refractivity (Wildman–Crippen MR) is 96.7 cm³/mol. The van der Waals surface area contributed by atoms with Crippen LogP contribution in [0.1, 0.15) is 18.5 Å². The van der Waals surface area contributed by atoms with Gasteiger partial charge in [-0.05, 0) is 43.9 Å². The lowest BCUT2D eigenvalue weighted by atomic mass is 9.97. The van der Waals surface area contributed by atoms with Crippen LogP contribution < -0.4 is 9.64 Å². The summed E-state index contributed by atoms with van der Waals surface area (Å²) in [7, 11) is 0. The molecule has 0 atom stereocenters. The molecule has 0 spiro atoms. The van der Waals surface area contributed by atoms with E-state index in [0.717, 1.165) is 42.8 Å². The molecule has 1 saturated heterocycles. The minimum absolute atomic E-state index is 0.280.